The zero-order valence-electron chi connectivity index (χ0n) is 24.8. The number of nitrogens with zero attached hydrogens (tertiary/aromatic N) is 1. The first-order valence-electron chi connectivity index (χ1n) is 13.9. The molecule has 3 aromatic carbocycles. The summed E-state index contributed by atoms with van der Waals surface area (Å²) in [6, 6.07) is 19.2. The molecule has 7 nitrogen and oxygen atoms in total. The first kappa shape index (κ1) is 28.3. The van der Waals surface area contributed by atoms with Crippen molar-refractivity contribution >= 4 is 23.1 Å². The number of ether oxygens (including phenoxy) is 3. The third-order valence-electron chi connectivity index (χ3n) is 8.08. The molecule has 1 aliphatic carbocycles. The fourth-order valence-electron chi connectivity index (χ4n) is 6.00. The van der Waals surface area contributed by atoms with Crippen molar-refractivity contribution in [2.45, 2.75) is 57.9 Å². The van der Waals surface area contributed by atoms with E-state index < -0.39 is 6.04 Å². The number of carbonyl (C=O) groups excluding carboxylic acids is 2. The molecule has 0 bridgehead atoms. The summed E-state index contributed by atoms with van der Waals surface area (Å²) in [6.07, 6.45) is 0.981. The molecule has 0 radical (unpaired) electrons. The number of benzene rings is 3. The highest BCUT2D eigenvalue weighted by molar-refractivity contribution is 6.06. The number of rotatable bonds is 5. The summed E-state index contributed by atoms with van der Waals surface area (Å²) < 4.78 is 16.9. The number of fused-ring (bicyclic) bond motifs is 1. The molecule has 214 valence electrons. The van der Waals surface area contributed by atoms with Gasteiger partial charge in [-0.15, -0.1) is 0 Å². The minimum absolute atomic E-state index is 0.00135. The van der Waals surface area contributed by atoms with E-state index in [4.69, 9.17) is 14.2 Å². The van der Waals surface area contributed by atoms with Crippen molar-refractivity contribution in [1.29, 1.82) is 0 Å². The molecule has 1 heterocycles. The van der Waals surface area contributed by atoms with Crippen LogP contribution in [0.15, 0.2) is 71.9 Å². The predicted octanol–water partition coefficient (Wildman–Crippen LogP) is 6.93. The first-order valence-corrected chi connectivity index (χ1v) is 13.9. The van der Waals surface area contributed by atoms with Crippen LogP contribution < -0.4 is 24.4 Å². The zero-order chi connectivity index (χ0) is 29.5. The monoisotopic (exact) mass is 554 g/mol. The van der Waals surface area contributed by atoms with Crippen molar-refractivity contribution < 1.29 is 23.8 Å². The minimum Gasteiger partial charge on any atom is -0.493 e. The SMILES string of the molecule is COc1cc([C@@H]2C3=C(C[C@H](c4ccc(C(C)(C)C)cc4)CC3=O)Nc3ccccc3N2C(C)=O)cc(OC)c1OC. The number of nitrogens with one attached hydrogen (secondary N) is 1. The number of allylic oxidation sites excluding steroid dienone is 1. The van der Waals surface area contributed by atoms with Crippen LogP contribution in [0.4, 0.5) is 11.4 Å². The van der Waals surface area contributed by atoms with Crippen LogP contribution in [0.25, 0.3) is 0 Å². The number of carbonyl (C=O) groups is 2. The van der Waals surface area contributed by atoms with Crippen LogP contribution in [0.5, 0.6) is 17.2 Å². The molecule has 1 N–H and O–H groups in total. The maximum Gasteiger partial charge on any atom is 0.224 e. The molecule has 1 amide bonds. The molecule has 0 unspecified atom stereocenters. The second kappa shape index (κ2) is 11.0. The molecular formula is C34H38N2O5. The van der Waals surface area contributed by atoms with Crippen LogP contribution in [-0.4, -0.2) is 33.0 Å². The summed E-state index contributed by atoms with van der Waals surface area (Å²) >= 11 is 0. The van der Waals surface area contributed by atoms with E-state index in [1.807, 2.05) is 36.4 Å². The third kappa shape index (κ3) is 5.17. The summed E-state index contributed by atoms with van der Waals surface area (Å²) in [7, 11) is 4.66. The summed E-state index contributed by atoms with van der Waals surface area (Å²) in [4.78, 5) is 29.3. The Labute approximate surface area is 242 Å². The number of para-hydroxylation sites is 2. The second-order valence-corrected chi connectivity index (χ2v) is 11.7. The van der Waals surface area contributed by atoms with Gasteiger partial charge in [-0.25, -0.2) is 0 Å². The second-order valence-electron chi connectivity index (χ2n) is 11.7. The van der Waals surface area contributed by atoms with Gasteiger partial charge in [0, 0.05) is 24.6 Å². The molecule has 2 atom stereocenters. The fourth-order valence-corrected chi connectivity index (χ4v) is 6.00. The van der Waals surface area contributed by atoms with Gasteiger partial charge in [0.1, 0.15) is 0 Å². The van der Waals surface area contributed by atoms with Crippen molar-refractivity contribution in [3.8, 4) is 17.2 Å². The van der Waals surface area contributed by atoms with Gasteiger partial charge in [0.25, 0.3) is 0 Å². The lowest BCUT2D eigenvalue weighted by molar-refractivity contribution is -0.117. The van der Waals surface area contributed by atoms with E-state index in [0.717, 1.165) is 16.9 Å². The number of Topliss-reactive ketones (excluding diaryl/α,β-unsaturated/α-hetero) is 1. The number of ketones is 1. The smallest absolute Gasteiger partial charge is 0.224 e. The Morgan fingerprint density at radius 1 is 0.878 bits per heavy atom. The van der Waals surface area contributed by atoms with Crippen LogP contribution >= 0.6 is 0 Å². The average Bonchev–Trinajstić information content (AvgIpc) is 3.10. The highest BCUT2D eigenvalue weighted by Crippen LogP contribution is 2.50. The lowest BCUT2D eigenvalue weighted by Crippen LogP contribution is -2.37. The largest absolute Gasteiger partial charge is 0.493 e. The Hall–Kier alpha value is -4.26. The van der Waals surface area contributed by atoms with Gasteiger partial charge in [0.15, 0.2) is 17.3 Å². The Bertz CT molecular complexity index is 1490. The van der Waals surface area contributed by atoms with E-state index in [0.29, 0.717) is 46.9 Å². The van der Waals surface area contributed by atoms with Crippen LogP contribution in [0, 0.1) is 0 Å². The van der Waals surface area contributed by atoms with E-state index in [1.165, 1.54) is 12.5 Å². The summed E-state index contributed by atoms with van der Waals surface area (Å²) in [5.41, 5.74) is 6.01. The van der Waals surface area contributed by atoms with Gasteiger partial charge >= 0.3 is 0 Å². The molecule has 3 aromatic rings. The maximum atomic E-state index is 14.2. The van der Waals surface area contributed by atoms with Crippen molar-refractivity contribution in [3.05, 3.63) is 88.6 Å². The Kier molecular flexibility index (Phi) is 7.56. The maximum absolute atomic E-state index is 14.2. The summed E-state index contributed by atoms with van der Waals surface area (Å²) in [5.74, 6) is 1.19. The molecule has 0 aromatic heterocycles. The standard InChI is InChI=1S/C34H38N2O5/c1-20(37)36-27-11-9-8-10-25(27)35-26-16-22(21-12-14-24(15-13-21)34(2,3)4)17-28(38)31(26)32(36)23-18-29(39-5)33(41-7)30(19-23)40-6/h8-15,18-19,22,32,35H,16-17H2,1-7H3/t22-,32+/m0/s1. The van der Waals surface area contributed by atoms with Crippen LogP contribution in [0.2, 0.25) is 0 Å². The number of methoxy groups -OCH3 is 3. The van der Waals surface area contributed by atoms with Crippen molar-refractivity contribution in [1.82, 2.24) is 0 Å². The molecule has 41 heavy (non-hydrogen) atoms. The van der Waals surface area contributed by atoms with Gasteiger partial charge in [-0.3, -0.25) is 14.5 Å². The van der Waals surface area contributed by atoms with E-state index in [9.17, 15) is 9.59 Å². The van der Waals surface area contributed by atoms with E-state index in [1.54, 1.807) is 26.2 Å². The van der Waals surface area contributed by atoms with Gasteiger partial charge in [0.2, 0.25) is 11.7 Å². The van der Waals surface area contributed by atoms with Gasteiger partial charge in [-0.05, 0) is 58.7 Å². The third-order valence-corrected chi connectivity index (χ3v) is 8.08. The van der Waals surface area contributed by atoms with Gasteiger partial charge in [-0.2, -0.15) is 0 Å². The number of anilines is 2. The fraction of sp³-hybridized carbons (Fsp3) is 0.353. The van der Waals surface area contributed by atoms with Crippen molar-refractivity contribution in [2.75, 3.05) is 31.5 Å². The summed E-state index contributed by atoms with van der Waals surface area (Å²) in [5, 5.41) is 3.57. The average molecular weight is 555 g/mol. The van der Waals surface area contributed by atoms with Crippen LogP contribution in [0.3, 0.4) is 0 Å². The molecule has 2 aliphatic rings. The van der Waals surface area contributed by atoms with Gasteiger partial charge in [-0.1, -0.05) is 57.2 Å². The van der Waals surface area contributed by atoms with Gasteiger partial charge in [0.05, 0.1) is 38.7 Å². The van der Waals surface area contributed by atoms with Crippen molar-refractivity contribution in [3.63, 3.8) is 0 Å². The molecule has 7 heteroatoms. The molecule has 5 rings (SSSR count). The first-order chi connectivity index (χ1) is 19.6. The lowest BCUT2D eigenvalue weighted by Gasteiger charge is -2.35. The topological polar surface area (TPSA) is 77.1 Å². The molecule has 0 fully saturated rings. The Morgan fingerprint density at radius 3 is 2.07 bits per heavy atom. The molecular weight excluding hydrogens is 516 g/mol. The Morgan fingerprint density at radius 2 is 1.51 bits per heavy atom. The molecule has 1 aliphatic heterocycles. The predicted molar refractivity (Wildman–Crippen MR) is 161 cm³/mol. The molecule has 0 spiro atoms. The highest BCUT2D eigenvalue weighted by atomic mass is 16.5. The zero-order valence-corrected chi connectivity index (χ0v) is 24.8. The minimum atomic E-state index is -0.691. The number of hydrogen-bond donors (Lipinski definition) is 1. The van der Waals surface area contributed by atoms with Gasteiger partial charge < -0.3 is 19.5 Å². The van der Waals surface area contributed by atoms with E-state index >= 15 is 0 Å². The summed E-state index contributed by atoms with van der Waals surface area (Å²) in [6.45, 7) is 8.11. The normalized spacial score (nSPS) is 18.6. The number of hydrogen-bond acceptors (Lipinski definition) is 6. The van der Waals surface area contributed by atoms with Crippen LogP contribution in [-0.2, 0) is 15.0 Å². The quantitative estimate of drug-likeness (QED) is 0.369. The highest BCUT2D eigenvalue weighted by Gasteiger charge is 2.41. The van der Waals surface area contributed by atoms with E-state index in [-0.39, 0.29) is 23.0 Å². The van der Waals surface area contributed by atoms with Crippen molar-refractivity contribution in [2.24, 2.45) is 0 Å². The number of amides is 1. The molecule has 0 saturated heterocycles. The lowest BCUT2D eigenvalue weighted by atomic mass is 9.77. The molecule has 0 saturated carbocycles. The Balaban J connectivity index is 1.69. The van der Waals surface area contributed by atoms with E-state index in [2.05, 4.69) is 50.4 Å². The van der Waals surface area contributed by atoms with Crippen LogP contribution in [0.1, 0.15) is 69.2 Å².